The van der Waals surface area contributed by atoms with Gasteiger partial charge in [0.2, 0.25) is 0 Å². The lowest BCUT2D eigenvalue weighted by Crippen LogP contribution is -2.54. The van der Waals surface area contributed by atoms with E-state index in [1.165, 1.54) is 4.90 Å². The van der Waals surface area contributed by atoms with E-state index in [4.69, 9.17) is 24.8 Å². The third-order valence-corrected chi connectivity index (χ3v) is 5.47. The van der Waals surface area contributed by atoms with Crippen LogP contribution >= 0.6 is 24.8 Å². The van der Waals surface area contributed by atoms with Crippen molar-refractivity contribution in [3.63, 3.8) is 0 Å². The average Bonchev–Trinajstić information content (AvgIpc) is 2.64. The predicted molar refractivity (Wildman–Crippen MR) is 119 cm³/mol. The normalized spacial score (nSPS) is 21.1. The summed E-state index contributed by atoms with van der Waals surface area (Å²) in [5.41, 5.74) is 4.05. The predicted octanol–water partition coefficient (Wildman–Crippen LogP) is 3.18. The topological polar surface area (TPSA) is 52.7 Å². The summed E-state index contributed by atoms with van der Waals surface area (Å²) in [5, 5.41) is 2.30. The van der Waals surface area contributed by atoms with Gasteiger partial charge in [-0.3, -0.25) is 19.8 Å². The molecule has 1 saturated heterocycles. The zero-order valence-electron chi connectivity index (χ0n) is 15.7. The summed E-state index contributed by atoms with van der Waals surface area (Å²) >= 11 is 9.85. The Morgan fingerprint density at radius 3 is 2.61 bits per heavy atom. The summed E-state index contributed by atoms with van der Waals surface area (Å²) in [7, 11) is 0. The third-order valence-electron chi connectivity index (χ3n) is 4.60. The summed E-state index contributed by atoms with van der Waals surface area (Å²) < 4.78 is 0. The Morgan fingerprint density at radius 1 is 1.29 bits per heavy atom. The first-order chi connectivity index (χ1) is 13.3. The van der Waals surface area contributed by atoms with Crippen LogP contribution in [0.3, 0.4) is 0 Å². The molecule has 144 valence electrons. The first-order valence-corrected chi connectivity index (χ1v) is 9.68. The minimum absolute atomic E-state index is 0.0255. The Bertz CT molecular complexity index is 942. The van der Waals surface area contributed by atoms with Crippen molar-refractivity contribution in [2.24, 2.45) is 0 Å². The second-order valence-electron chi connectivity index (χ2n) is 6.55. The quantitative estimate of drug-likeness (QED) is 0.263. The number of amides is 2. The van der Waals surface area contributed by atoms with Gasteiger partial charge in [-0.25, -0.2) is 0 Å². The van der Waals surface area contributed by atoms with E-state index in [-0.39, 0.29) is 22.6 Å². The first kappa shape index (κ1) is 20.1. The van der Waals surface area contributed by atoms with Crippen LogP contribution in [0.1, 0.15) is 11.1 Å². The van der Waals surface area contributed by atoms with Crippen molar-refractivity contribution < 1.29 is 9.59 Å². The maximum absolute atomic E-state index is 12.8. The molecule has 2 aliphatic rings. The van der Waals surface area contributed by atoms with Gasteiger partial charge in [-0.1, -0.05) is 30.4 Å². The number of allylic oxidation sites excluding steroid dienone is 2. The zero-order chi connectivity index (χ0) is 20.4. The van der Waals surface area contributed by atoms with Gasteiger partial charge in [-0.15, -0.1) is 19.2 Å². The molecule has 1 aromatic rings. The second kappa shape index (κ2) is 8.16. The lowest BCUT2D eigenvalue weighted by atomic mass is 10.0. The molecule has 1 unspecified atom stereocenters. The van der Waals surface area contributed by atoms with E-state index in [1.807, 2.05) is 55.3 Å². The van der Waals surface area contributed by atoms with E-state index in [1.54, 1.807) is 12.2 Å². The highest BCUT2D eigenvalue weighted by molar-refractivity contribution is 7.81. The number of benzene rings is 1. The van der Waals surface area contributed by atoms with Crippen LogP contribution in [0.25, 0.3) is 0 Å². The molecule has 0 aliphatic carbocycles. The number of thiol groups is 1. The fourth-order valence-corrected chi connectivity index (χ4v) is 3.87. The summed E-state index contributed by atoms with van der Waals surface area (Å²) in [4.78, 5) is 28.5. The van der Waals surface area contributed by atoms with Crippen molar-refractivity contribution in [2.45, 2.75) is 19.2 Å². The molecule has 5 nitrogen and oxygen atoms in total. The molecule has 2 aliphatic heterocycles. The lowest BCUT2D eigenvalue weighted by molar-refractivity contribution is -0.128. The smallest absolute Gasteiger partial charge is 0.265 e. The molecule has 2 heterocycles. The number of nitrogens with zero attached hydrogens (tertiary/aromatic N) is 2. The Morgan fingerprint density at radius 2 is 1.96 bits per heavy atom. The first-order valence-electron chi connectivity index (χ1n) is 8.76. The molecule has 28 heavy (non-hydrogen) atoms. The molecule has 1 aromatic carbocycles. The zero-order valence-corrected chi connectivity index (χ0v) is 17.4. The van der Waals surface area contributed by atoms with Gasteiger partial charge in [0, 0.05) is 18.4 Å². The number of carbonyl (C=O) groups excluding carboxylic acids is 2. The van der Waals surface area contributed by atoms with Gasteiger partial charge < -0.3 is 4.90 Å². The number of rotatable bonds is 4. The van der Waals surface area contributed by atoms with Gasteiger partial charge in [0.15, 0.2) is 5.11 Å². The molecule has 0 spiro atoms. The molecule has 3 rings (SSSR count). The van der Waals surface area contributed by atoms with Gasteiger partial charge in [0.25, 0.3) is 11.8 Å². The van der Waals surface area contributed by atoms with E-state index in [2.05, 4.69) is 11.9 Å². The van der Waals surface area contributed by atoms with Crippen LogP contribution in [0.5, 0.6) is 0 Å². The maximum Gasteiger partial charge on any atom is 0.265 e. The highest BCUT2D eigenvalue weighted by Crippen LogP contribution is 2.33. The number of aryl methyl sites for hydroxylation is 2. The van der Waals surface area contributed by atoms with E-state index in [0.717, 1.165) is 22.4 Å². The SMILES string of the molecule is C=CCN1C(=O)C(=CC2=CC=CN(c3c(C)cccc3C)C2S)C(=O)NC1=S. The molecule has 0 aromatic heterocycles. The van der Waals surface area contributed by atoms with Gasteiger partial charge in [0.05, 0.1) is 0 Å². The van der Waals surface area contributed by atoms with Gasteiger partial charge in [0.1, 0.15) is 10.9 Å². The summed E-state index contributed by atoms with van der Waals surface area (Å²) in [6, 6.07) is 6.09. The van der Waals surface area contributed by atoms with Crippen molar-refractivity contribution in [1.29, 1.82) is 0 Å². The Balaban J connectivity index is 1.95. The molecular weight excluding hydrogens is 390 g/mol. The summed E-state index contributed by atoms with van der Waals surface area (Å²) in [6.07, 6.45) is 8.81. The van der Waals surface area contributed by atoms with Crippen LogP contribution in [-0.2, 0) is 9.59 Å². The standard InChI is InChI=1S/C21H21N3O2S2/c1-4-10-24-19(26)16(18(25)22-21(24)28)12-15-9-6-11-23(20(15)27)17-13(2)7-5-8-14(17)3/h4-9,11-12,20,27H,1,10H2,2-3H3,(H,22,25,28). The molecule has 2 amide bonds. The fourth-order valence-electron chi connectivity index (χ4n) is 3.26. The van der Waals surface area contributed by atoms with Gasteiger partial charge >= 0.3 is 0 Å². The maximum atomic E-state index is 12.8. The molecule has 0 bridgehead atoms. The number of hydrogen-bond donors (Lipinski definition) is 2. The van der Waals surface area contributed by atoms with Crippen molar-refractivity contribution in [1.82, 2.24) is 10.2 Å². The molecule has 1 fully saturated rings. The third kappa shape index (κ3) is 3.68. The van der Waals surface area contributed by atoms with Crippen LogP contribution in [0.15, 0.2) is 66.4 Å². The molecule has 0 radical (unpaired) electrons. The monoisotopic (exact) mass is 411 g/mol. The highest BCUT2D eigenvalue weighted by Gasteiger charge is 2.33. The number of hydrogen-bond acceptors (Lipinski definition) is 5. The molecular formula is C21H21N3O2S2. The Kier molecular flexibility index (Phi) is 5.86. The number of carbonyl (C=O) groups is 2. The van der Waals surface area contributed by atoms with Crippen molar-refractivity contribution >= 4 is 47.5 Å². The molecule has 0 saturated carbocycles. The Labute approximate surface area is 175 Å². The minimum atomic E-state index is -0.509. The number of anilines is 1. The number of nitrogens with one attached hydrogen (secondary N) is 1. The second-order valence-corrected chi connectivity index (χ2v) is 7.43. The van der Waals surface area contributed by atoms with Crippen LogP contribution in [0.4, 0.5) is 5.69 Å². The molecule has 1 atom stereocenters. The van der Waals surface area contributed by atoms with E-state index in [9.17, 15) is 9.59 Å². The average molecular weight is 412 g/mol. The van der Waals surface area contributed by atoms with Crippen molar-refractivity contribution in [3.05, 3.63) is 77.6 Å². The summed E-state index contributed by atoms with van der Waals surface area (Å²) in [5.74, 6) is -0.951. The largest absolute Gasteiger partial charge is 0.331 e. The highest BCUT2D eigenvalue weighted by atomic mass is 32.1. The molecule has 7 heteroatoms. The summed E-state index contributed by atoms with van der Waals surface area (Å²) in [6.45, 7) is 7.94. The molecule has 1 N–H and O–H groups in total. The van der Waals surface area contributed by atoms with Crippen LogP contribution in [0, 0.1) is 13.8 Å². The number of thiocarbonyl (C=S) groups is 1. The fraction of sp³-hybridized carbons (Fsp3) is 0.190. The van der Waals surface area contributed by atoms with Gasteiger partial charge in [-0.2, -0.15) is 0 Å². The van der Waals surface area contributed by atoms with Gasteiger partial charge in [-0.05, 0) is 54.9 Å². The lowest BCUT2D eigenvalue weighted by Gasteiger charge is -2.33. The van der Waals surface area contributed by atoms with E-state index in [0.29, 0.717) is 0 Å². The van der Waals surface area contributed by atoms with E-state index >= 15 is 0 Å². The van der Waals surface area contributed by atoms with Crippen molar-refractivity contribution in [2.75, 3.05) is 11.4 Å². The van der Waals surface area contributed by atoms with Crippen molar-refractivity contribution in [3.8, 4) is 0 Å². The van der Waals surface area contributed by atoms with Crippen LogP contribution in [0.2, 0.25) is 0 Å². The van der Waals surface area contributed by atoms with Crippen LogP contribution in [-0.4, -0.2) is 33.7 Å². The Hall–Kier alpha value is -2.64. The van der Waals surface area contributed by atoms with Crippen LogP contribution < -0.4 is 10.2 Å². The van der Waals surface area contributed by atoms with E-state index < -0.39 is 11.8 Å². The number of para-hydroxylation sites is 1. The minimum Gasteiger partial charge on any atom is -0.331 e.